The maximum absolute atomic E-state index is 5.93. The molecule has 0 aliphatic heterocycles. The van der Waals surface area contributed by atoms with Crippen molar-refractivity contribution < 1.29 is 0 Å². The molecule has 0 unspecified atom stereocenters. The van der Waals surface area contributed by atoms with E-state index in [0.717, 1.165) is 30.5 Å². The van der Waals surface area contributed by atoms with Gasteiger partial charge in [-0.1, -0.05) is 24.4 Å². The Morgan fingerprint density at radius 3 is 2.71 bits per heavy atom. The lowest BCUT2D eigenvalue weighted by Crippen LogP contribution is -2.25. The van der Waals surface area contributed by atoms with Gasteiger partial charge in [-0.25, -0.2) is 9.97 Å². The average Bonchev–Trinajstić information content (AvgIpc) is 2.67. The van der Waals surface area contributed by atoms with E-state index in [4.69, 9.17) is 11.6 Å². The first-order valence-corrected chi connectivity index (χ1v) is 6.70. The Kier molecular flexibility index (Phi) is 4.35. The van der Waals surface area contributed by atoms with Crippen LogP contribution in [0.2, 0.25) is 5.15 Å². The van der Waals surface area contributed by atoms with Gasteiger partial charge in [-0.2, -0.15) is 0 Å². The van der Waals surface area contributed by atoms with Crippen LogP contribution >= 0.6 is 11.6 Å². The number of nitrogens with zero attached hydrogens (tertiary/aromatic N) is 3. The minimum absolute atomic E-state index is 0.543. The van der Waals surface area contributed by atoms with Gasteiger partial charge in [0.25, 0.3) is 0 Å². The molecule has 1 fully saturated rings. The third-order valence-corrected chi connectivity index (χ3v) is 3.52. The van der Waals surface area contributed by atoms with Crippen molar-refractivity contribution in [2.45, 2.75) is 39.2 Å². The molecule has 0 bridgehead atoms. The van der Waals surface area contributed by atoms with E-state index in [1.165, 1.54) is 25.7 Å². The summed E-state index contributed by atoms with van der Waals surface area (Å²) in [6.45, 7) is 3.89. The molecule has 4 heteroatoms. The van der Waals surface area contributed by atoms with Gasteiger partial charge in [-0.3, -0.25) is 4.90 Å². The summed E-state index contributed by atoms with van der Waals surface area (Å²) >= 11 is 5.93. The Morgan fingerprint density at radius 2 is 2.06 bits per heavy atom. The normalized spacial score (nSPS) is 16.9. The van der Waals surface area contributed by atoms with Crippen molar-refractivity contribution in [3.05, 3.63) is 22.7 Å². The molecule has 2 rings (SSSR count). The van der Waals surface area contributed by atoms with Crippen LogP contribution < -0.4 is 0 Å². The molecule has 17 heavy (non-hydrogen) atoms. The van der Waals surface area contributed by atoms with Crippen molar-refractivity contribution in [1.82, 2.24) is 14.9 Å². The predicted octanol–water partition coefficient (Wildman–Crippen LogP) is 3.06. The second-order valence-electron chi connectivity index (χ2n) is 5.10. The highest BCUT2D eigenvalue weighted by Gasteiger charge is 2.17. The third-order valence-electron chi connectivity index (χ3n) is 3.33. The molecule has 3 nitrogen and oxygen atoms in total. The first-order valence-electron chi connectivity index (χ1n) is 6.32. The minimum atomic E-state index is 0.543. The largest absolute Gasteiger partial charge is 0.299 e. The fourth-order valence-corrected chi connectivity index (χ4v) is 2.85. The van der Waals surface area contributed by atoms with E-state index in [1.54, 1.807) is 6.07 Å². The molecule has 0 saturated heterocycles. The van der Waals surface area contributed by atoms with E-state index in [-0.39, 0.29) is 0 Å². The second-order valence-corrected chi connectivity index (χ2v) is 5.48. The van der Waals surface area contributed by atoms with Crippen LogP contribution in [-0.2, 0) is 6.54 Å². The van der Waals surface area contributed by atoms with E-state index in [1.807, 2.05) is 6.92 Å². The van der Waals surface area contributed by atoms with Gasteiger partial charge < -0.3 is 0 Å². The van der Waals surface area contributed by atoms with Gasteiger partial charge in [0.1, 0.15) is 11.0 Å². The lowest BCUT2D eigenvalue weighted by atomic mass is 10.1. The molecule has 1 aliphatic carbocycles. The molecule has 0 aromatic carbocycles. The molecule has 94 valence electrons. The molecular formula is C13H20ClN3. The molecule has 0 amide bonds. The highest BCUT2D eigenvalue weighted by molar-refractivity contribution is 6.29. The highest BCUT2D eigenvalue weighted by Crippen LogP contribution is 2.25. The number of hydrogen-bond donors (Lipinski definition) is 0. The molecule has 1 aromatic heterocycles. The van der Waals surface area contributed by atoms with Gasteiger partial charge in [0.2, 0.25) is 0 Å². The van der Waals surface area contributed by atoms with Crippen LogP contribution in [0.4, 0.5) is 0 Å². The van der Waals surface area contributed by atoms with E-state index in [2.05, 4.69) is 21.9 Å². The van der Waals surface area contributed by atoms with E-state index >= 15 is 0 Å². The molecule has 0 atom stereocenters. The fourth-order valence-electron chi connectivity index (χ4n) is 2.60. The standard InChI is InChI=1S/C13H20ClN3/c1-10-7-12(14)16-13(15-10)9-17(2)8-11-5-3-4-6-11/h7,11H,3-6,8-9H2,1-2H3. The summed E-state index contributed by atoms with van der Waals surface area (Å²) in [7, 11) is 2.14. The lowest BCUT2D eigenvalue weighted by Gasteiger charge is -2.19. The third kappa shape index (κ3) is 3.93. The molecule has 1 heterocycles. The van der Waals surface area contributed by atoms with Crippen LogP contribution in [-0.4, -0.2) is 28.5 Å². The summed E-state index contributed by atoms with van der Waals surface area (Å²) in [6, 6.07) is 1.79. The molecule has 0 spiro atoms. The summed E-state index contributed by atoms with van der Waals surface area (Å²) in [5.41, 5.74) is 0.939. The van der Waals surface area contributed by atoms with Gasteiger partial charge in [0.05, 0.1) is 6.54 Å². The summed E-state index contributed by atoms with van der Waals surface area (Å²) in [4.78, 5) is 11.0. The first-order chi connectivity index (χ1) is 8.13. The molecule has 0 radical (unpaired) electrons. The van der Waals surface area contributed by atoms with E-state index in [9.17, 15) is 0 Å². The number of aromatic nitrogens is 2. The Bertz CT molecular complexity index is 355. The molecule has 1 aliphatic rings. The summed E-state index contributed by atoms with van der Waals surface area (Å²) in [5.74, 6) is 1.69. The van der Waals surface area contributed by atoms with Crippen LogP contribution in [0.5, 0.6) is 0 Å². The molecule has 1 aromatic rings. The Hall–Kier alpha value is -0.670. The van der Waals surface area contributed by atoms with Crippen LogP contribution in [0.15, 0.2) is 6.07 Å². The Balaban J connectivity index is 1.90. The fraction of sp³-hybridized carbons (Fsp3) is 0.692. The second kappa shape index (κ2) is 5.78. The van der Waals surface area contributed by atoms with Crippen molar-refractivity contribution in [3.63, 3.8) is 0 Å². The maximum atomic E-state index is 5.93. The Labute approximate surface area is 108 Å². The smallest absolute Gasteiger partial charge is 0.144 e. The zero-order valence-corrected chi connectivity index (χ0v) is 11.4. The zero-order chi connectivity index (χ0) is 12.3. The van der Waals surface area contributed by atoms with Crippen LogP contribution in [0.3, 0.4) is 0 Å². The van der Waals surface area contributed by atoms with Crippen molar-refractivity contribution in [2.75, 3.05) is 13.6 Å². The van der Waals surface area contributed by atoms with Gasteiger partial charge >= 0.3 is 0 Å². The van der Waals surface area contributed by atoms with Crippen molar-refractivity contribution in [2.24, 2.45) is 5.92 Å². The van der Waals surface area contributed by atoms with E-state index in [0.29, 0.717) is 5.15 Å². The summed E-state index contributed by atoms with van der Waals surface area (Å²) < 4.78 is 0. The van der Waals surface area contributed by atoms with Crippen LogP contribution in [0.1, 0.15) is 37.2 Å². The van der Waals surface area contributed by atoms with Gasteiger partial charge in [-0.15, -0.1) is 0 Å². The van der Waals surface area contributed by atoms with Crippen LogP contribution in [0, 0.1) is 12.8 Å². The molecule has 0 N–H and O–H groups in total. The van der Waals surface area contributed by atoms with Crippen molar-refractivity contribution in [3.8, 4) is 0 Å². The number of aryl methyl sites for hydroxylation is 1. The monoisotopic (exact) mass is 253 g/mol. The molecular weight excluding hydrogens is 234 g/mol. The number of hydrogen-bond acceptors (Lipinski definition) is 3. The lowest BCUT2D eigenvalue weighted by molar-refractivity contribution is 0.265. The average molecular weight is 254 g/mol. The van der Waals surface area contributed by atoms with E-state index < -0.39 is 0 Å². The number of rotatable bonds is 4. The summed E-state index contributed by atoms with van der Waals surface area (Å²) in [5, 5.41) is 0.543. The van der Waals surface area contributed by atoms with Crippen LogP contribution in [0.25, 0.3) is 0 Å². The summed E-state index contributed by atoms with van der Waals surface area (Å²) in [6.07, 6.45) is 5.54. The molecule has 1 saturated carbocycles. The van der Waals surface area contributed by atoms with Gasteiger partial charge in [0, 0.05) is 12.2 Å². The zero-order valence-electron chi connectivity index (χ0n) is 10.6. The van der Waals surface area contributed by atoms with Gasteiger partial charge in [-0.05, 0) is 38.8 Å². The predicted molar refractivity (Wildman–Crippen MR) is 70.1 cm³/mol. The quantitative estimate of drug-likeness (QED) is 0.773. The Morgan fingerprint density at radius 1 is 1.35 bits per heavy atom. The SMILES string of the molecule is Cc1cc(Cl)nc(CN(C)CC2CCCC2)n1. The number of halogens is 1. The topological polar surface area (TPSA) is 29.0 Å². The van der Waals surface area contributed by atoms with Crippen molar-refractivity contribution in [1.29, 1.82) is 0 Å². The van der Waals surface area contributed by atoms with Gasteiger partial charge in [0.15, 0.2) is 0 Å². The van der Waals surface area contributed by atoms with Crippen molar-refractivity contribution >= 4 is 11.6 Å². The maximum Gasteiger partial charge on any atom is 0.144 e. The minimum Gasteiger partial charge on any atom is -0.299 e. The highest BCUT2D eigenvalue weighted by atomic mass is 35.5. The first kappa shape index (κ1) is 12.8.